The lowest BCUT2D eigenvalue weighted by molar-refractivity contribution is 0.0692. The molecule has 0 amide bonds. The summed E-state index contributed by atoms with van der Waals surface area (Å²) in [4.78, 5) is 10.8. The molecule has 2 aromatic carbocycles. The van der Waals surface area contributed by atoms with E-state index in [1.54, 1.807) is 0 Å². The molecule has 0 aliphatic carbocycles. The Morgan fingerprint density at radius 2 is 1.70 bits per heavy atom. The highest BCUT2D eigenvalue weighted by Crippen LogP contribution is 2.20. The summed E-state index contributed by atoms with van der Waals surface area (Å²) >= 11 is 0. The van der Waals surface area contributed by atoms with Gasteiger partial charge >= 0.3 is 5.97 Å². The van der Waals surface area contributed by atoms with Gasteiger partial charge in [-0.2, -0.15) is 0 Å². The number of aromatic carboxylic acids is 1. The standard InChI is InChI=1S/C14H10F3NO2/c15-9-3-1-8(2-4-9)7-18-13-5-10(14(19)20)11(16)6-12(13)17/h1-6,18H,7H2,(H,19,20). The van der Waals surface area contributed by atoms with Crippen molar-refractivity contribution in [3.8, 4) is 0 Å². The summed E-state index contributed by atoms with van der Waals surface area (Å²) < 4.78 is 39.4. The van der Waals surface area contributed by atoms with Crippen LogP contribution >= 0.6 is 0 Å². The Kier molecular flexibility index (Phi) is 3.93. The Bertz CT molecular complexity index is 642. The summed E-state index contributed by atoms with van der Waals surface area (Å²) in [6.45, 7) is 0.155. The first-order valence-electron chi connectivity index (χ1n) is 5.68. The van der Waals surface area contributed by atoms with Gasteiger partial charge in [-0.15, -0.1) is 0 Å². The Hall–Kier alpha value is -2.50. The molecule has 0 saturated carbocycles. The van der Waals surface area contributed by atoms with Gasteiger partial charge in [0.05, 0.1) is 11.3 Å². The van der Waals surface area contributed by atoms with Crippen LogP contribution in [0.25, 0.3) is 0 Å². The fourth-order valence-electron chi connectivity index (χ4n) is 1.65. The number of anilines is 1. The van der Waals surface area contributed by atoms with Gasteiger partial charge < -0.3 is 10.4 Å². The van der Waals surface area contributed by atoms with E-state index in [0.717, 1.165) is 6.07 Å². The lowest BCUT2D eigenvalue weighted by Gasteiger charge is -2.09. The van der Waals surface area contributed by atoms with Gasteiger partial charge in [0.1, 0.15) is 17.5 Å². The van der Waals surface area contributed by atoms with Gasteiger partial charge in [-0.25, -0.2) is 18.0 Å². The molecule has 0 unspecified atom stereocenters. The van der Waals surface area contributed by atoms with Gasteiger partial charge in [-0.05, 0) is 23.8 Å². The molecular weight excluding hydrogens is 271 g/mol. The molecule has 0 heterocycles. The molecule has 0 aliphatic rings. The Morgan fingerprint density at radius 1 is 1.05 bits per heavy atom. The molecule has 2 rings (SSSR count). The van der Waals surface area contributed by atoms with E-state index in [0.29, 0.717) is 11.6 Å². The zero-order valence-corrected chi connectivity index (χ0v) is 10.2. The zero-order valence-electron chi connectivity index (χ0n) is 10.2. The molecule has 0 fully saturated rings. The third-order valence-corrected chi connectivity index (χ3v) is 2.68. The van der Waals surface area contributed by atoms with E-state index in [2.05, 4.69) is 5.32 Å². The maximum absolute atomic E-state index is 13.5. The lowest BCUT2D eigenvalue weighted by Crippen LogP contribution is -2.06. The van der Waals surface area contributed by atoms with Crippen LogP contribution in [0.2, 0.25) is 0 Å². The fraction of sp³-hybridized carbons (Fsp3) is 0.0714. The van der Waals surface area contributed by atoms with Gasteiger partial charge in [-0.1, -0.05) is 12.1 Å². The molecule has 0 aliphatic heterocycles. The smallest absolute Gasteiger partial charge is 0.338 e. The molecule has 2 N–H and O–H groups in total. The monoisotopic (exact) mass is 281 g/mol. The minimum atomic E-state index is -1.48. The van der Waals surface area contributed by atoms with Gasteiger partial charge in [-0.3, -0.25) is 0 Å². The molecule has 0 spiro atoms. The average Bonchev–Trinajstić information content (AvgIpc) is 2.39. The zero-order chi connectivity index (χ0) is 14.7. The van der Waals surface area contributed by atoms with Crippen LogP contribution in [0.15, 0.2) is 36.4 Å². The Morgan fingerprint density at radius 3 is 2.30 bits per heavy atom. The summed E-state index contributed by atoms with van der Waals surface area (Å²) in [6, 6.07) is 6.90. The van der Waals surface area contributed by atoms with E-state index in [-0.39, 0.29) is 12.2 Å². The molecule has 0 radical (unpaired) electrons. The van der Waals surface area contributed by atoms with E-state index in [4.69, 9.17) is 5.11 Å². The van der Waals surface area contributed by atoms with Crippen LogP contribution in [0.5, 0.6) is 0 Å². The highest BCUT2D eigenvalue weighted by Gasteiger charge is 2.14. The quantitative estimate of drug-likeness (QED) is 0.902. The number of nitrogens with one attached hydrogen (secondary N) is 1. The van der Waals surface area contributed by atoms with Gasteiger partial charge in [0, 0.05) is 12.6 Å². The van der Waals surface area contributed by atoms with Crippen LogP contribution < -0.4 is 5.32 Å². The van der Waals surface area contributed by atoms with Crippen molar-refractivity contribution in [2.45, 2.75) is 6.54 Å². The van der Waals surface area contributed by atoms with Crippen molar-refractivity contribution in [1.82, 2.24) is 0 Å². The third-order valence-electron chi connectivity index (χ3n) is 2.68. The Labute approximate surface area is 112 Å². The molecule has 0 atom stereocenters. The predicted molar refractivity (Wildman–Crippen MR) is 67.0 cm³/mol. The van der Waals surface area contributed by atoms with Crippen LogP contribution in [0, 0.1) is 17.5 Å². The van der Waals surface area contributed by atoms with Crippen LogP contribution in [0.4, 0.5) is 18.9 Å². The van der Waals surface area contributed by atoms with Crippen molar-refractivity contribution in [2.24, 2.45) is 0 Å². The lowest BCUT2D eigenvalue weighted by atomic mass is 10.1. The van der Waals surface area contributed by atoms with Gasteiger partial charge in [0.15, 0.2) is 0 Å². The van der Waals surface area contributed by atoms with Crippen molar-refractivity contribution in [3.05, 3.63) is 65.0 Å². The summed E-state index contributed by atoms with van der Waals surface area (Å²) in [5, 5.41) is 11.4. The molecule has 2 aromatic rings. The highest BCUT2D eigenvalue weighted by molar-refractivity contribution is 5.89. The molecule has 0 saturated heterocycles. The van der Waals surface area contributed by atoms with E-state index < -0.39 is 29.0 Å². The average molecular weight is 281 g/mol. The van der Waals surface area contributed by atoms with Gasteiger partial charge in [0.2, 0.25) is 0 Å². The van der Waals surface area contributed by atoms with Gasteiger partial charge in [0.25, 0.3) is 0 Å². The molecule has 20 heavy (non-hydrogen) atoms. The predicted octanol–water partition coefficient (Wildman–Crippen LogP) is 3.41. The summed E-state index contributed by atoms with van der Waals surface area (Å²) in [6.07, 6.45) is 0. The first-order chi connectivity index (χ1) is 9.47. The molecule has 6 heteroatoms. The first-order valence-corrected chi connectivity index (χ1v) is 5.68. The summed E-state index contributed by atoms with van der Waals surface area (Å²) in [5.74, 6) is -3.90. The third kappa shape index (κ3) is 3.09. The topological polar surface area (TPSA) is 49.3 Å². The van der Waals surface area contributed by atoms with E-state index in [1.165, 1.54) is 24.3 Å². The largest absolute Gasteiger partial charge is 0.478 e. The van der Waals surface area contributed by atoms with E-state index in [9.17, 15) is 18.0 Å². The van der Waals surface area contributed by atoms with Crippen LogP contribution in [-0.2, 0) is 6.54 Å². The molecule has 0 bridgehead atoms. The van der Waals surface area contributed by atoms with Crippen molar-refractivity contribution < 1.29 is 23.1 Å². The number of carboxylic acid groups (broad SMARTS) is 1. The molecule has 0 aromatic heterocycles. The minimum Gasteiger partial charge on any atom is -0.478 e. The first kappa shape index (κ1) is 13.9. The number of halogens is 3. The molecular formula is C14H10F3NO2. The Balaban J connectivity index is 2.18. The van der Waals surface area contributed by atoms with E-state index in [1.807, 2.05) is 0 Å². The number of carbonyl (C=O) groups is 1. The maximum atomic E-state index is 13.5. The van der Waals surface area contributed by atoms with Crippen molar-refractivity contribution in [1.29, 1.82) is 0 Å². The number of benzene rings is 2. The maximum Gasteiger partial charge on any atom is 0.338 e. The molecule has 104 valence electrons. The van der Waals surface area contributed by atoms with Crippen LogP contribution in [-0.4, -0.2) is 11.1 Å². The van der Waals surface area contributed by atoms with Crippen molar-refractivity contribution in [2.75, 3.05) is 5.32 Å². The second-order valence-corrected chi connectivity index (χ2v) is 4.10. The number of carboxylic acids is 1. The SMILES string of the molecule is O=C(O)c1cc(NCc2ccc(F)cc2)c(F)cc1F. The van der Waals surface area contributed by atoms with Crippen molar-refractivity contribution >= 4 is 11.7 Å². The number of rotatable bonds is 4. The van der Waals surface area contributed by atoms with E-state index >= 15 is 0 Å². The van der Waals surface area contributed by atoms with Crippen molar-refractivity contribution in [3.63, 3.8) is 0 Å². The summed E-state index contributed by atoms with van der Waals surface area (Å²) in [7, 11) is 0. The molecule has 3 nitrogen and oxygen atoms in total. The minimum absolute atomic E-state index is 0.131. The normalized spacial score (nSPS) is 10.3. The number of hydrogen-bond donors (Lipinski definition) is 2. The second-order valence-electron chi connectivity index (χ2n) is 4.10. The second kappa shape index (κ2) is 5.64. The fourth-order valence-corrected chi connectivity index (χ4v) is 1.65. The summed E-state index contributed by atoms with van der Waals surface area (Å²) in [5.41, 5.74) is -0.0758. The van der Waals surface area contributed by atoms with Crippen LogP contribution in [0.3, 0.4) is 0 Å². The number of hydrogen-bond acceptors (Lipinski definition) is 2. The highest BCUT2D eigenvalue weighted by atomic mass is 19.1. The van der Waals surface area contributed by atoms with Crippen LogP contribution in [0.1, 0.15) is 15.9 Å².